The highest BCUT2D eigenvalue weighted by molar-refractivity contribution is 5.15. The number of likely N-dealkylation sites (tertiary alicyclic amines) is 1. The van der Waals surface area contributed by atoms with Gasteiger partial charge in [0.1, 0.15) is 0 Å². The van der Waals surface area contributed by atoms with E-state index in [9.17, 15) is 5.11 Å². The molecule has 2 nitrogen and oxygen atoms in total. The molecule has 2 atom stereocenters. The Labute approximate surface area is 116 Å². The van der Waals surface area contributed by atoms with E-state index in [4.69, 9.17) is 0 Å². The van der Waals surface area contributed by atoms with E-state index < -0.39 is 0 Å². The molecule has 2 aliphatic rings. The normalized spacial score (nSPS) is 29.7. The van der Waals surface area contributed by atoms with Crippen molar-refractivity contribution in [1.29, 1.82) is 0 Å². The summed E-state index contributed by atoms with van der Waals surface area (Å²) in [6, 6.07) is 11.3. The van der Waals surface area contributed by atoms with Crippen LogP contribution in [0, 0.1) is 5.92 Å². The molecule has 0 amide bonds. The SMILES string of the molecule is OC1CCCC1N1CCC(Cc2ccccc2)CC1. The van der Waals surface area contributed by atoms with Crippen LogP contribution in [0.15, 0.2) is 30.3 Å². The van der Waals surface area contributed by atoms with Gasteiger partial charge in [0.05, 0.1) is 6.10 Å². The van der Waals surface area contributed by atoms with Crippen molar-refractivity contribution in [3.05, 3.63) is 35.9 Å². The van der Waals surface area contributed by atoms with Crippen molar-refractivity contribution in [2.45, 2.75) is 50.7 Å². The number of benzene rings is 1. The highest BCUT2D eigenvalue weighted by Gasteiger charge is 2.32. The van der Waals surface area contributed by atoms with Gasteiger partial charge in [0, 0.05) is 6.04 Å². The molecule has 1 saturated heterocycles. The van der Waals surface area contributed by atoms with Crippen LogP contribution in [0.25, 0.3) is 0 Å². The molecular formula is C17H25NO. The summed E-state index contributed by atoms with van der Waals surface area (Å²) < 4.78 is 0. The number of aliphatic hydroxyl groups is 1. The average molecular weight is 259 g/mol. The third-order valence-electron chi connectivity index (χ3n) is 4.93. The Morgan fingerprint density at radius 2 is 1.74 bits per heavy atom. The van der Waals surface area contributed by atoms with Gasteiger partial charge in [0.2, 0.25) is 0 Å². The minimum absolute atomic E-state index is 0.0642. The molecule has 2 fully saturated rings. The predicted octanol–water partition coefficient (Wildman–Crippen LogP) is 2.85. The Kier molecular flexibility index (Phi) is 4.19. The molecule has 1 saturated carbocycles. The summed E-state index contributed by atoms with van der Waals surface area (Å²) in [7, 11) is 0. The van der Waals surface area contributed by atoms with Crippen molar-refractivity contribution < 1.29 is 5.11 Å². The zero-order valence-electron chi connectivity index (χ0n) is 11.7. The summed E-state index contributed by atoms with van der Waals surface area (Å²) in [6.07, 6.45) is 7.15. The van der Waals surface area contributed by atoms with Gasteiger partial charge in [-0.25, -0.2) is 0 Å². The summed E-state index contributed by atoms with van der Waals surface area (Å²) in [6.45, 7) is 2.36. The van der Waals surface area contributed by atoms with Crippen LogP contribution < -0.4 is 0 Å². The molecule has 3 rings (SSSR count). The molecule has 1 aliphatic carbocycles. The fraction of sp³-hybridized carbons (Fsp3) is 0.647. The molecule has 1 N–H and O–H groups in total. The lowest BCUT2D eigenvalue weighted by molar-refractivity contribution is 0.0482. The van der Waals surface area contributed by atoms with Crippen molar-refractivity contribution in [2.75, 3.05) is 13.1 Å². The van der Waals surface area contributed by atoms with Gasteiger partial charge >= 0.3 is 0 Å². The maximum Gasteiger partial charge on any atom is 0.0695 e. The van der Waals surface area contributed by atoms with Gasteiger partial charge in [-0.15, -0.1) is 0 Å². The Bertz CT molecular complexity index is 384. The van der Waals surface area contributed by atoms with Crippen molar-refractivity contribution in [3.63, 3.8) is 0 Å². The summed E-state index contributed by atoms with van der Waals surface area (Å²) in [4.78, 5) is 2.54. The molecular weight excluding hydrogens is 234 g/mol. The van der Waals surface area contributed by atoms with Crippen molar-refractivity contribution in [3.8, 4) is 0 Å². The molecule has 1 aromatic carbocycles. The van der Waals surface area contributed by atoms with E-state index in [-0.39, 0.29) is 6.10 Å². The minimum Gasteiger partial charge on any atom is -0.391 e. The maximum atomic E-state index is 10.0. The molecule has 0 bridgehead atoms. The molecule has 104 valence electrons. The van der Waals surface area contributed by atoms with Crippen LogP contribution in [0.3, 0.4) is 0 Å². The molecule has 1 aromatic rings. The lowest BCUT2D eigenvalue weighted by atomic mass is 9.89. The van der Waals surface area contributed by atoms with Gasteiger partial charge in [-0.05, 0) is 63.1 Å². The van der Waals surface area contributed by atoms with Crippen LogP contribution in [-0.2, 0) is 6.42 Å². The zero-order valence-corrected chi connectivity index (χ0v) is 11.7. The third kappa shape index (κ3) is 3.18. The smallest absolute Gasteiger partial charge is 0.0695 e. The quantitative estimate of drug-likeness (QED) is 0.902. The van der Waals surface area contributed by atoms with Crippen LogP contribution in [0.1, 0.15) is 37.7 Å². The second-order valence-corrected chi connectivity index (χ2v) is 6.23. The molecule has 2 unspecified atom stereocenters. The molecule has 2 heteroatoms. The van der Waals surface area contributed by atoms with Crippen molar-refractivity contribution >= 4 is 0 Å². The minimum atomic E-state index is -0.0642. The van der Waals surface area contributed by atoms with Crippen LogP contribution >= 0.6 is 0 Å². The largest absolute Gasteiger partial charge is 0.391 e. The van der Waals surface area contributed by atoms with E-state index in [2.05, 4.69) is 35.2 Å². The highest BCUT2D eigenvalue weighted by Crippen LogP contribution is 2.29. The van der Waals surface area contributed by atoms with E-state index >= 15 is 0 Å². The number of nitrogens with zero attached hydrogens (tertiary/aromatic N) is 1. The fourth-order valence-corrected chi connectivity index (χ4v) is 3.78. The number of hydrogen-bond donors (Lipinski definition) is 1. The van der Waals surface area contributed by atoms with E-state index in [0.717, 1.165) is 12.3 Å². The predicted molar refractivity (Wildman–Crippen MR) is 78.1 cm³/mol. The Morgan fingerprint density at radius 3 is 2.37 bits per heavy atom. The summed E-state index contributed by atoms with van der Waals surface area (Å²) in [5.41, 5.74) is 1.47. The summed E-state index contributed by atoms with van der Waals surface area (Å²) >= 11 is 0. The average Bonchev–Trinajstić information content (AvgIpc) is 2.87. The first-order chi connectivity index (χ1) is 9.33. The van der Waals surface area contributed by atoms with Crippen LogP contribution in [0.4, 0.5) is 0 Å². The van der Waals surface area contributed by atoms with Gasteiger partial charge in [-0.1, -0.05) is 30.3 Å². The van der Waals surface area contributed by atoms with Crippen LogP contribution in [0.5, 0.6) is 0 Å². The summed E-state index contributed by atoms with van der Waals surface area (Å²) in [5.74, 6) is 0.831. The molecule has 1 aliphatic heterocycles. The molecule has 1 heterocycles. The first-order valence-electron chi connectivity index (χ1n) is 7.79. The van der Waals surface area contributed by atoms with Crippen LogP contribution in [0.2, 0.25) is 0 Å². The first kappa shape index (κ1) is 13.1. The lowest BCUT2D eigenvalue weighted by Gasteiger charge is -2.37. The van der Waals surface area contributed by atoms with Crippen LogP contribution in [-0.4, -0.2) is 35.2 Å². The standard InChI is InChI=1S/C17H25NO/c19-17-8-4-7-16(17)18-11-9-15(10-12-18)13-14-5-2-1-3-6-14/h1-3,5-6,15-17,19H,4,7-13H2. The number of piperidine rings is 1. The first-order valence-corrected chi connectivity index (χ1v) is 7.79. The van der Waals surface area contributed by atoms with E-state index in [0.29, 0.717) is 6.04 Å². The molecule has 0 radical (unpaired) electrons. The summed E-state index contributed by atoms with van der Waals surface area (Å²) in [5, 5.41) is 10.0. The second kappa shape index (κ2) is 6.06. The monoisotopic (exact) mass is 259 g/mol. The molecule has 19 heavy (non-hydrogen) atoms. The lowest BCUT2D eigenvalue weighted by Crippen LogP contribution is -2.45. The van der Waals surface area contributed by atoms with Gasteiger partial charge in [0.15, 0.2) is 0 Å². The van der Waals surface area contributed by atoms with E-state index in [1.54, 1.807) is 0 Å². The Hall–Kier alpha value is -0.860. The maximum absolute atomic E-state index is 10.0. The number of aliphatic hydroxyl groups excluding tert-OH is 1. The van der Waals surface area contributed by atoms with Crippen molar-refractivity contribution in [1.82, 2.24) is 4.90 Å². The zero-order chi connectivity index (χ0) is 13.1. The topological polar surface area (TPSA) is 23.5 Å². The molecule has 0 aromatic heterocycles. The van der Waals surface area contributed by atoms with Gasteiger partial charge in [-0.3, -0.25) is 4.90 Å². The highest BCUT2D eigenvalue weighted by atomic mass is 16.3. The second-order valence-electron chi connectivity index (χ2n) is 6.23. The molecule has 0 spiro atoms. The number of hydrogen-bond acceptors (Lipinski definition) is 2. The van der Waals surface area contributed by atoms with Gasteiger partial charge < -0.3 is 5.11 Å². The van der Waals surface area contributed by atoms with E-state index in [1.165, 1.54) is 50.8 Å². The van der Waals surface area contributed by atoms with E-state index in [1.807, 2.05) is 0 Å². The third-order valence-corrected chi connectivity index (χ3v) is 4.93. The van der Waals surface area contributed by atoms with Gasteiger partial charge in [0.25, 0.3) is 0 Å². The number of rotatable bonds is 3. The Morgan fingerprint density at radius 1 is 1.00 bits per heavy atom. The fourth-order valence-electron chi connectivity index (χ4n) is 3.78. The van der Waals surface area contributed by atoms with Crippen molar-refractivity contribution in [2.24, 2.45) is 5.92 Å². The van der Waals surface area contributed by atoms with Gasteiger partial charge in [-0.2, -0.15) is 0 Å². The Balaban J connectivity index is 1.49.